The summed E-state index contributed by atoms with van der Waals surface area (Å²) in [5.74, 6) is -0.355. The van der Waals surface area contributed by atoms with E-state index in [0.717, 1.165) is 32.5 Å². The van der Waals surface area contributed by atoms with Gasteiger partial charge in [0.15, 0.2) is 0 Å². The zero-order valence-corrected chi connectivity index (χ0v) is 18.2. The van der Waals surface area contributed by atoms with Gasteiger partial charge in [0.25, 0.3) is 0 Å². The number of urea groups is 1. The Morgan fingerprint density at radius 3 is 1.93 bits per heavy atom. The smallest absolute Gasteiger partial charge is 0.326 e. The fourth-order valence-corrected chi connectivity index (χ4v) is 4.14. The van der Waals surface area contributed by atoms with Gasteiger partial charge in [-0.15, -0.1) is 0 Å². The van der Waals surface area contributed by atoms with Crippen LogP contribution >= 0.6 is 11.8 Å². The standard InChI is InChI=1S/C21H26N4O3S/c1-23(2)14-6-8-16-18(12-14)29-19-13-15(24(3)4)7-9-17(19)25(16)21(27)22-11-10-20(26)28-5/h6-9,12-13H,10-11H2,1-5H3,(H,22,27). The van der Waals surface area contributed by atoms with Crippen molar-refractivity contribution in [3.05, 3.63) is 36.4 Å². The summed E-state index contributed by atoms with van der Waals surface area (Å²) < 4.78 is 4.64. The predicted octanol–water partition coefficient (Wildman–Crippen LogP) is 3.69. The number of nitrogens with zero attached hydrogens (tertiary/aromatic N) is 3. The molecule has 0 aromatic heterocycles. The summed E-state index contributed by atoms with van der Waals surface area (Å²) in [6.07, 6.45) is 0.129. The number of rotatable bonds is 5. The Labute approximate surface area is 175 Å². The van der Waals surface area contributed by atoms with E-state index in [1.807, 2.05) is 62.3 Å². The molecule has 0 fully saturated rings. The van der Waals surface area contributed by atoms with E-state index in [9.17, 15) is 9.59 Å². The van der Waals surface area contributed by atoms with E-state index >= 15 is 0 Å². The van der Waals surface area contributed by atoms with Crippen LogP contribution in [-0.2, 0) is 9.53 Å². The first-order valence-corrected chi connectivity index (χ1v) is 10.1. The molecule has 0 saturated heterocycles. The number of hydrogen-bond donors (Lipinski definition) is 1. The van der Waals surface area contributed by atoms with Crippen molar-refractivity contribution >= 4 is 46.5 Å². The van der Waals surface area contributed by atoms with Crippen LogP contribution in [0.25, 0.3) is 0 Å². The molecule has 154 valence electrons. The highest BCUT2D eigenvalue weighted by atomic mass is 32.2. The van der Waals surface area contributed by atoms with Gasteiger partial charge in [0.2, 0.25) is 0 Å². The molecule has 1 aliphatic heterocycles. The second-order valence-corrected chi connectivity index (χ2v) is 8.17. The summed E-state index contributed by atoms with van der Waals surface area (Å²) >= 11 is 1.65. The summed E-state index contributed by atoms with van der Waals surface area (Å²) in [7, 11) is 9.30. The molecule has 1 aliphatic rings. The molecule has 0 aliphatic carbocycles. The topological polar surface area (TPSA) is 65.1 Å². The average Bonchev–Trinajstić information content (AvgIpc) is 2.70. The SMILES string of the molecule is COC(=O)CCNC(=O)N1c2ccc(N(C)C)cc2Sc2cc(N(C)C)ccc21. The van der Waals surface area contributed by atoms with Crippen molar-refractivity contribution in [3.63, 3.8) is 0 Å². The fraction of sp³-hybridized carbons (Fsp3) is 0.333. The second-order valence-electron chi connectivity index (χ2n) is 7.09. The van der Waals surface area contributed by atoms with Crippen molar-refractivity contribution in [1.29, 1.82) is 0 Å². The molecule has 0 unspecified atom stereocenters. The molecule has 8 heteroatoms. The summed E-state index contributed by atoms with van der Waals surface area (Å²) in [5.41, 5.74) is 3.77. The number of fused-ring (bicyclic) bond motifs is 2. The predicted molar refractivity (Wildman–Crippen MR) is 118 cm³/mol. The van der Waals surface area contributed by atoms with E-state index < -0.39 is 0 Å². The molecule has 1 N–H and O–H groups in total. The molecule has 0 saturated carbocycles. The zero-order valence-electron chi connectivity index (χ0n) is 17.4. The quantitative estimate of drug-likeness (QED) is 0.753. The van der Waals surface area contributed by atoms with Gasteiger partial charge in [-0.1, -0.05) is 11.8 Å². The van der Waals surface area contributed by atoms with Crippen LogP contribution in [0.2, 0.25) is 0 Å². The van der Waals surface area contributed by atoms with E-state index in [0.29, 0.717) is 0 Å². The van der Waals surface area contributed by atoms with Crippen LogP contribution in [0.4, 0.5) is 27.5 Å². The van der Waals surface area contributed by atoms with Crippen molar-refractivity contribution < 1.29 is 14.3 Å². The molecule has 0 atom stereocenters. The van der Waals surface area contributed by atoms with Crippen molar-refractivity contribution in [2.45, 2.75) is 16.2 Å². The third-order valence-electron chi connectivity index (χ3n) is 4.66. The largest absolute Gasteiger partial charge is 0.469 e. The van der Waals surface area contributed by atoms with Gasteiger partial charge in [0.1, 0.15) is 0 Å². The number of carbonyl (C=O) groups excluding carboxylic acids is 2. The third-order valence-corrected chi connectivity index (χ3v) is 5.75. The van der Waals surface area contributed by atoms with Gasteiger partial charge in [-0.3, -0.25) is 9.69 Å². The Bertz CT molecular complexity index is 873. The minimum Gasteiger partial charge on any atom is -0.469 e. The molecule has 2 amide bonds. The fourth-order valence-electron chi connectivity index (χ4n) is 3.01. The molecule has 3 rings (SSSR count). The highest BCUT2D eigenvalue weighted by Crippen LogP contribution is 2.50. The van der Waals surface area contributed by atoms with Crippen LogP contribution < -0.4 is 20.0 Å². The van der Waals surface area contributed by atoms with Gasteiger partial charge in [-0.25, -0.2) is 4.79 Å². The average molecular weight is 415 g/mol. The molecule has 2 aromatic carbocycles. The van der Waals surface area contributed by atoms with E-state index in [4.69, 9.17) is 0 Å². The van der Waals surface area contributed by atoms with Crippen LogP contribution in [0, 0.1) is 0 Å². The number of methoxy groups -OCH3 is 1. The lowest BCUT2D eigenvalue weighted by Crippen LogP contribution is -2.39. The van der Waals surface area contributed by atoms with E-state index in [-0.39, 0.29) is 25.0 Å². The van der Waals surface area contributed by atoms with Crippen molar-refractivity contribution in [1.82, 2.24) is 5.32 Å². The first-order valence-electron chi connectivity index (χ1n) is 9.27. The maximum atomic E-state index is 13.1. The molecule has 1 heterocycles. The summed E-state index contributed by atoms with van der Waals surface area (Å²) in [5, 5.41) is 2.83. The Kier molecular flexibility index (Phi) is 6.22. The van der Waals surface area contributed by atoms with Gasteiger partial charge in [-0.05, 0) is 36.4 Å². The van der Waals surface area contributed by atoms with Crippen molar-refractivity contribution in [2.24, 2.45) is 0 Å². The number of benzene rings is 2. The zero-order chi connectivity index (χ0) is 21.1. The number of hydrogen-bond acceptors (Lipinski definition) is 6. The Balaban J connectivity index is 1.98. The maximum absolute atomic E-state index is 13.1. The molecule has 29 heavy (non-hydrogen) atoms. The third kappa shape index (κ3) is 4.42. The molecule has 0 bridgehead atoms. The first-order chi connectivity index (χ1) is 13.8. The van der Waals surface area contributed by atoms with Crippen LogP contribution in [0.15, 0.2) is 46.2 Å². The minimum absolute atomic E-state index is 0.129. The molecule has 2 aromatic rings. The van der Waals surface area contributed by atoms with Crippen LogP contribution in [0.3, 0.4) is 0 Å². The van der Waals surface area contributed by atoms with E-state index in [1.54, 1.807) is 16.7 Å². The van der Waals surface area contributed by atoms with E-state index in [1.165, 1.54) is 7.11 Å². The van der Waals surface area contributed by atoms with Crippen LogP contribution in [0.5, 0.6) is 0 Å². The lowest BCUT2D eigenvalue weighted by molar-refractivity contribution is -0.140. The number of esters is 1. The van der Waals surface area contributed by atoms with Crippen LogP contribution in [-0.4, -0.2) is 53.8 Å². The number of carbonyl (C=O) groups is 2. The van der Waals surface area contributed by atoms with Gasteiger partial charge in [0.05, 0.1) is 24.9 Å². The van der Waals surface area contributed by atoms with Gasteiger partial charge < -0.3 is 19.9 Å². The van der Waals surface area contributed by atoms with Crippen molar-refractivity contribution in [2.75, 3.05) is 56.5 Å². The molecule has 7 nitrogen and oxygen atoms in total. The molecule has 0 radical (unpaired) electrons. The Morgan fingerprint density at radius 2 is 1.48 bits per heavy atom. The summed E-state index contributed by atoms with van der Waals surface area (Å²) in [6, 6.07) is 11.8. The first kappa shape index (κ1) is 20.9. The number of ether oxygens (including phenoxy) is 1. The summed E-state index contributed by atoms with van der Waals surface area (Å²) in [6.45, 7) is 0.214. The number of anilines is 4. The Hall–Kier alpha value is -2.87. The highest BCUT2D eigenvalue weighted by molar-refractivity contribution is 7.99. The number of nitrogens with one attached hydrogen (secondary N) is 1. The van der Waals surface area contributed by atoms with E-state index in [2.05, 4.69) is 22.2 Å². The lowest BCUT2D eigenvalue weighted by Gasteiger charge is -2.32. The minimum atomic E-state index is -0.355. The van der Waals surface area contributed by atoms with Gasteiger partial charge in [-0.2, -0.15) is 0 Å². The summed E-state index contributed by atoms with van der Waals surface area (Å²) in [4.78, 5) is 32.2. The van der Waals surface area contributed by atoms with Crippen LogP contribution in [0.1, 0.15) is 6.42 Å². The Morgan fingerprint density at radius 1 is 0.966 bits per heavy atom. The van der Waals surface area contributed by atoms with Crippen molar-refractivity contribution in [3.8, 4) is 0 Å². The normalized spacial score (nSPS) is 12.0. The lowest BCUT2D eigenvalue weighted by atomic mass is 10.2. The maximum Gasteiger partial charge on any atom is 0.326 e. The monoisotopic (exact) mass is 414 g/mol. The van der Waals surface area contributed by atoms with Gasteiger partial charge >= 0.3 is 12.0 Å². The molecular weight excluding hydrogens is 388 g/mol. The molecular formula is C21H26N4O3S. The van der Waals surface area contributed by atoms with Gasteiger partial charge in [0, 0.05) is 55.9 Å². The highest BCUT2D eigenvalue weighted by Gasteiger charge is 2.29. The second kappa shape index (κ2) is 8.65. The molecule has 0 spiro atoms. The number of amides is 2.